The minimum Gasteiger partial charge on any atom is -0.295 e. The van der Waals surface area contributed by atoms with Crippen LogP contribution in [0, 0.1) is 6.92 Å². The average Bonchev–Trinajstić information content (AvgIpc) is 2.90. The molecule has 3 aromatic rings. The van der Waals surface area contributed by atoms with Crippen LogP contribution in [0.5, 0.6) is 0 Å². The topological polar surface area (TPSA) is 54.9 Å². The zero-order valence-corrected chi connectivity index (χ0v) is 13.6. The van der Waals surface area contributed by atoms with Crippen molar-refractivity contribution in [3.63, 3.8) is 0 Å². The monoisotopic (exact) mass is 318 g/mol. The van der Waals surface area contributed by atoms with Gasteiger partial charge in [0.05, 0.1) is 11.3 Å². The molecule has 2 aromatic carbocycles. The Balaban J connectivity index is 2.00. The number of nitrogens with one attached hydrogen (secondary N) is 1. The highest BCUT2D eigenvalue weighted by Gasteiger charge is 2.13. The third-order valence-electron chi connectivity index (χ3n) is 3.89. The standard InChI is InChI=1S/C20H18N2O2/c1-14(19(23)16-9-5-3-6-10-16)13-18-15(2)21-22(20(18)24)17-11-7-4-8-12-17/h3-13,21H,1-2H3/b14-13+. The molecule has 0 aliphatic heterocycles. The Morgan fingerprint density at radius 1 is 1.00 bits per heavy atom. The number of aromatic amines is 1. The third kappa shape index (κ3) is 2.99. The first kappa shape index (κ1) is 15.7. The van der Waals surface area contributed by atoms with Crippen LogP contribution < -0.4 is 5.56 Å². The minimum atomic E-state index is -0.168. The van der Waals surface area contributed by atoms with E-state index in [4.69, 9.17) is 0 Å². The Kier molecular flexibility index (Phi) is 4.29. The van der Waals surface area contributed by atoms with Crippen molar-refractivity contribution in [2.45, 2.75) is 13.8 Å². The molecule has 0 fully saturated rings. The molecule has 1 heterocycles. The molecule has 0 saturated carbocycles. The van der Waals surface area contributed by atoms with Gasteiger partial charge in [-0.05, 0) is 37.6 Å². The van der Waals surface area contributed by atoms with Gasteiger partial charge in [0.15, 0.2) is 5.78 Å². The van der Waals surface area contributed by atoms with Gasteiger partial charge in [-0.2, -0.15) is 0 Å². The van der Waals surface area contributed by atoms with Gasteiger partial charge in [-0.25, -0.2) is 4.68 Å². The fraction of sp³-hybridized carbons (Fsp3) is 0.100. The number of aromatic nitrogens is 2. The molecule has 24 heavy (non-hydrogen) atoms. The Hall–Kier alpha value is -3.14. The Bertz CT molecular complexity index is 948. The van der Waals surface area contributed by atoms with Crippen LogP contribution in [0.15, 0.2) is 71.0 Å². The molecule has 120 valence electrons. The molecule has 0 aliphatic carbocycles. The number of ketones is 1. The van der Waals surface area contributed by atoms with E-state index in [2.05, 4.69) is 5.10 Å². The second-order valence-corrected chi connectivity index (χ2v) is 5.65. The van der Waals surface area contributed by atoms with Crippen molar-refractivity contribution in [2.75, 3.05) is 0 Å². The van der Waals surface area contributed by atoms with Gasteiger partial charge in [-0.3, -0.25) is 14.7 Å². The van der Waals surface area contributed by atoms with E-state index in [1.165, 1.54) is 4.68 Å². The highest BCUT2D eigenvalue weighted by molar-refractivity contribution is 6.10. The van der Waals surface area contributed by atoms with E-state index in [1.807, 2.05) is 55.5 Å². The van der Waals surface area contributed by atoms with Gasteiger partial charge in [0.25, 0.3) is 5.56 Å². The quantitative estimate of drug-likeness (QED) is 0.588. The lowest BCUT2D eigenvalue weighted by Crippen LogP contribution is -2.16. The van der Waals surface area contributed by atoms with Crippen LogP contribution in [0.2, 0.25) is 0 Å². The number of benzene rings is 2. The van der Waals surface area contributed by atoms with Crippen LogP contribution in [0.25, 0.3) is 11.8 Å². The summed E-state index contributed by atoms with van der Waals surface area (Å²) in [5.41, 5.74) is 2.96. The van der Waals surface area contributed by atoms with Crippen molar-refractivity contribution in [1.29, 1.82) is 0 Å². The number of H-pyrrole nitrogens is 1. The summed E-state index contributed by atoms with van der Waals surface area (Å²) in [6.45, 7) is 3.56. The summed E-state index contributed by atoms with van der Waals surface area (Å²) >= 11 is 0. The van der Waals surface area contributed by atoms with Crippen molar-refractivity contribution >= 4 is 11.9 Å². The molecule has 0 atom stereocenters. The van der Waals surface area contributed by atoms with Gasteiger partial charge in [-0.15, -0.1) is 0 Å². The normalized spacial score (nSPS) is 11.5. The molecule has 0 spiro atoms. The molecule has 0 bridgehead atoms. The zero-order chi connectivity index (χ0) is 17.1. The van der Waals surface area contributed by atoms with Crippen molar-refractivity contribution in [2.24, 2.45) is 0 Å². The SMILES string of the molecule is C/C(=C\c1c(C)[nH]n(-c2ccccc2)c1=O)C(=O)c1ccccc1. The summed E-state index contributed by atoms with van der Waals surface area (Å²) in [6, 6.07) is 18.4. The smallest absolute Gasteiger partial charge is 0.278 e. The van der Waals surface area contributed by atoms with Crippen LogP contribution in [-0.4, -0.2) is 15.6 Å². The number of nitrogens with zero attached hydrogens (tertiary/aromatic N) is 1. The largest absolute Gasteiger partial charge is 0.295 e. The van der Waals surface area contributed by atoms with Crippen molar-refractivity contribution in [1.82, 2.24) is 9.78 Å². The Morgan fingerprint density at radius 2 is 1.58 bits per heavy atom. The Morgan fingerprint density at radius 3 is 2.21 bits per heavy atom. The van der Waals surface area contributed by atoms with Crippen LogP contribution in [0.3, 0.4) is 0 Å². The van der Waals surface area contributed by atoms with Crippen molar-refractivity contribution in [3.05, 3.63) is 93.4 Å². The molecule has 0 aliphatic rings. The van der Waals surface area contributed by atoms with E-state index in [0.29, 0.717) is 16.7 Å². The number of carbonyl (C=O) groups is 1. The maximum Gasteiger partial charge on any atom is 0.278 e. The van der Waals surface area contributed by atoms with E-state index in [-0.39, 0.29) is 11.3 Å². The van der Waals surface area contributed by atoms with Gasteiger partial charge in [-0.1, -0.05) is 48.5 Å². The number of aryl methyl sites for hydroxylation is 1. The molecule has 1 N–H and O–H groups in total. The van der Waals surface area contributed by atoms with Crippen molar-refractivity contribution < 1.29 is 4.79 Å². The molecule has 0 saturated heterocycles. The molecule has 0 amide bonds. The van der Waals surface area contributed by atoms with Gasteiger partial charge >= 0.3 is 0 Å². The van der Waals surface area contributed by atoms with Crippen molar-refractivity contribution in [3.8, 4) is 5.69 Å². The molecule has 0 unspecified atom stereocenters. The highest BCUT2D eigenvalue weighted by atomic mass is 16.1. The number of allylic oxidation sites excluding steroid dienone is 1. The lowest BCUT2D eigenvalue weighted by Gasteiger charge is -2.00. The number of hydrogen-bond acceptors (Lipinski definition) is 2. The fourth-order valence-electron chi connectivity index (χ4n) is 2.59. The Labute approximate surface area is 140 Å². The first-order valence-corrected chi connectivity index (χ1v) is 7.73. The van der Waals surface area contributed by atoms with Crippen LogP contribution in [0.4, 0.5) is 0 Å². The van der Waals surface area contributed by atoms with E-state index in [9.17, 15) is 9.59 Å². The first-order chi connectivity index (χ1) is 11.6. The van der Waals surface area contributed by atoms with Gasteiger partial charge in [0.2, 0.25) is 0 Å². The second-order valence-electron chi connectivity index (χ2n) is 5.65. The number of carbonyl (C=O) groups excluding carboxylic acids is 1. The lowest BCUT2D eigenvalue weighted by molar-refractivity contribution is 0.103. The van der Waals surface area contributed by atoms with Crippen LogP contribution in [-0.2, 0) is 0 Å². The van der Waals surface area contributed by atoms with E-state index in [0.717, 1.165) is 11.4 Å². The lowest BCUT2D eigenvalue weighted by atomic mass is 10.0. The molecular formula is C20H18N2O2. The molecule has 0 radical (unpaired) electrons. The predicted molar refractivity (Wildman–Crippen MR) is 95.6 cm³/mol. The van der Waals surface area contributed by atoms with Crippen LogP contribution in [0.1, 0.15) is 28.5 Å². The summed E-state index contributed by atoms with van der Waals surface area (Å²) in [5.74, 6) is -0.0816. The van der Waals surface area contributed by atoms with E-state index < -0.39 is 0 Å². The number of Topliss-reactive ketones (excluding diaryl/α,β-unsaturated/α-hetero) is 1. The fourth-order valence-corrected chi connectivity index (χ4v) is 2.59. The van der Waals surface area contributed by atoms with E-state index >= 15 is 0 Å². The zero-order valence-electron chi connectivity index (χ0n) is 13.6. The van der Waals surface area contributed by atoms with Gasteiger partial charge < -0.3 is 0 Å². The molecular weight excluding hydrogens is 300 g/mol. The number of rotatable bonds is 4. The van der Waals surface area contributed by atoms with E-state index in [1.54, 1.807) is 25.1 Å². The van der Waals surface area contributed by atoms with Crippen LogP contribution >= 0.6 is 0 Å². The first-order valence-electron chi connectivity index (χ1n) is 7.73. The predicted octanol–water partition coefficient (Wildman–Crippen LogP) is 3.76. The third-order valence-corrected chi connectivity index (χ3v) is 3.89. The number of para-hydroxylation sites is 1. The second kappa shape index (κ2) is 6.54. The number of hydrogen-bond donors (Lipinski definition) is 1. The van der Waals surface area contributed by atoms with Gasteiger partial charge in [0, 0.05) is 11.3 Å². The summed E-state index contributed by atoms with van der Waals surface area (Å²) in [5, 5.41) is 3.06. The molecule has 3 rings (SSSR count). The summed E-state index contributed by atoms with van der Waals surface area (Å²) < 4.78 is 1.49. The van der Waals surface area contributed by atoms with Gasteiger partial charge in [0.1, 0.15) is 0 Å². The maximum absolute atomic E-state index is 12.7. The highest BCUT2D eigenvalue weighted by Crippen LogP contribution is 2.13. The molecule has 1 aromatic heterocycles. The maximum atomic E-state index is 12.7. The molecule has 4 nitrogen and oxygen atoms in total. The molecule has 4 heteroatoms. The average molecular weight is 318 g/mol. The summed E-state index contributed by atoms with van der Waals surface area (Å²) in [6.07, 6.45) is 1.66. The summed E-state index contributed by atoms with van der Waals surface area (Å²) in [7, 11) is 0. The summed E-state index contributed by atoms with van der Waals surface area (Å²) in [4.78, 5) is 25.1. The minimum absolute atomic E-state index is 0.0816.